The van der Waals surface area contributed by atoms with Crippen molar-refractivity contribution >= 4 is 27.5 Å². The van der Waals surface area contributed by atoms with Crippen LogP contribution in [0.4, 0.5) is 9.93 Å². The van der Waals surface area contributed by atoms with Gasteiger partial charge in [0.2, 0.25) is 10.1 Å². The molecule has 0 saturated carbocycles. The van der Waals surface area contributed by atoms with Gasteiger partial charge in [0.05, 0.1) is 5.54 Å². The topological polar surface area (TPSA) is 88.8 Å². The minimum Gasteiger partial charge on any atom is -0.445 e. The number of carbonyl (C=O) groups is 1. The number of likely N-dealkylation sites (tertiary alicyclic amines) is 1. The zero-order chi connectivity index (χ0) is 18.9. The highest BCUT2D eigenvalue weighted by Crippen LogP contribution is 2.28. The molecular formula is C18H19N5O3S. The average molecular weight is 385 g/mol. The molecule has 1 N–H and O–H groups in total. The smallest absolute Gasteiger partial charge is 0.410 e. The molecule has 1 fully saturated rings. The summed E-state index contributed by atoms with van der Waals surface area (Å²) in [5, 5.41) is 8.24. The van der Waals surface area contributed by atoms with Gasteiger partial charge in [0, 0.05) is 25.4 Å². The molecule has 0 aliphatic carbocycles. The number of fused-ring (bicyclic) bond motifs is 1. The second kappa shape index (κ2) is 6.99. The van der Waals surface area contributed by atoms with E-state index in [0.29, 0.717) is 23.2 Å². The highest BCUT2D eigenvalue weighted by atomic mass is 32.1. The highest BCUT2D eigenvalue weighted by molar-refractivity contribution is 7.20. The first-order valence-electron chi connectivity index (χ1n) is 8.61. The molecule has 1 amide bonds. The van der Waals surface area contributed by atoms with Gasteiger partial charge in [-0.25, -0.2) is 9.78 Å². The number of anilines is 1. The van der Waals surface area contributed by atoms with Crippen LogP contribution in [0, 0.1) is 0 Å². The summed E-state index contributed by atoms with van der Waals surface area (Å²) in [6, 6.07) is 11.0. The quantitative estimate of drug-likeness (QED) is 0.742. The molecule has 4 rings (SSSR count). The molecule has 0 bridgehead atoms. The molecule has 27 heavy (non-hydrogen) atoms. The van der Waals surface area contributed by atoms with Crippen molar-refractivity contribution in [3.8, 4) is 0 Å². The highest BCUT2D eigenvalue weighted by Gasteiger charge is 2.37. The van der Waals surface area contributed by atoms with E-state index in [1.54, 1.807) is 4.90 Å². The van der Waals surface area contributed by atoms with Gasteiger partial charge in [-0.05, 0) is 18.9 Å². The number of hydrogen-bond donors (Lipinski definition) is 1. The third-order valence-electron chi connectivity index (χ3n) is 4.52. The van der Waals surface area contributed by atoms with Crippen molar-refractivity contribution in [3.63, 3.8) is 0 Å². The van der Waals surface area contributed by atoms with Crippen molar-refractivity contribution in [2.45, 2.75) is 25.5 Å². The Morgan fingerprint density at radius 3 is 2.93 bits per heavy atom. The van der Waals surface area contributed by atoms with Crippen LogP contribution in [0.3, 0.4) is 0 Å². The van der Waals surface area contributed by atoms with Crippen molar-refractivity contribution < 1.29 is 9.53 Å². The van der Waals surface area contributed by atoms with Gasteiger partial charge >= 0.3 is 6.09 Å². The number of hydrogen-bond acceptors (Lipinski definition) is 7. The molecule has 0 radical (unpaired) electrons. The van der Waals surface area contributed by atoms with Crippen LogP contribution in [-0.2, 0) is 11.3 Å². The van der Waals surface area contributed by atoms with Gasteiger partial charge in [0.25, 0.3) is 5.56 Å². The zero-order valence-electron chi connectivity index (χ0n) is 14.8. The number of ether oxygens (including phenoxy) is 1. The van der Waals surface area contributed by atoms with Crippen LogP contribution in [0.5, 0.6) is 0 Å². The number of amides is 1. The predicted octanol–water partition coefficient (Wildman–Crippen LogP) is 2.36. The van der Waals surface area contributed by atoms with Crippen LogP contribution in [0.15, 0.2) is 47.4 Å². The molecule has 1 aromatic carbocycles. The molecule has 0 spiro atoms. The standard InChI is InChI=1S/C18H19N5O3S/c1-18(20-15-21-23-14(24)7-9-19-16(23)27-15)8-10-22(12-18)17(25)26-11-13-5-3-2-4-6-13/h2-7,9H,8,10-12H2,1H3,(H,20,21). The minimum atomic E-state index is -0.344. The van der Waals surface area contributed by atoms with Crippen LogP contribution in [0.25, 0.3) is 4.96 Å². The summed E-state index contributed by atoms with van der Waals surface area (Å²) in [6.45, 7) is 3.38. The Hall–Kier alpha value is -2.94. The van der Waals surface area contributed by atoms with Gasteiger partial charge in [-0.2, -0.15) is 4.52 Å². The van der Waals surface area contributed by atoms with Crippen LogP contribution >= 0.6 is 11.3 Å². The van der Waals surface area contributed by atoms with Crippen molar-refractivity contribution in [2.24, 2.45) is 0 Å². The molecule has 3 heterocycles. The lowest BCUT2D eigenvalue weighted by Crippen LogP contribution is -2.40. The van der Waals surface area contributed by atoms with Gasteiger partial charge in [-0.15, -0.1) is 5.10 Å². The minimum absolute atomic E-state index is 0.216. The summed E-state index contributed by atoms with van der Waals surface area (Å²) in [5.74, 6) is 0. The molecule has 1 saturated heterocycles. The fraction of sp³-hybridized carbons (Fsp3) is 0.333. The molecule has 9 heteroatoms. The molecule has 1 aliphatic heterocycles. The lowest BCUT2D eigenvalue weighted by atomic mass is 10.0. The molecular weight excluding hydrogens is 366 g/mol. The fourth-order valence-electron chi connectivity index (χ4n) is 3.08. The predicted molar refractivity (Wildman–Crippen MR) is 102 cm³/mol. The summed E-state index contributed by atoms with van der Waals surface area (Å²) in [7, 11) is 0. The normalized spacial score (nSPS) is 19.4. The largest absolute Gasteiger partial charge is 0.445 e. The molecule has 1 unspecified atom stereocenters. The van der Waals surface area contributed by atoms with Gasteiger partial charge in [-0.1, -0.05) is 41.7 Å². The Labute approximate surface area is 159 Å². The Morgan fingerprint density at radius 1 is 1.33 bits per heavy atom. The third kappa shape index (κ3) is 3.77. The number of aromatic nitrogens is 3. The van der Waals surface area contributed by atoms with E-state index in [1.807, 2.05) is 37.3 Å². The maximum Gasteiger partial charge on any atom is 0.410 e. The van der Waals surface area contributed by atoms with Gasteiger partial charge in [0.15, 0.2) is 0 Å². The van der Waals surface area contributed by atoms with E-state index in [0.717, 1.165) is 12.0 Å². The van der Waals surface area contributed by atoms with Crippen molar-refractivity contribution in [2.75, 3.05) is 18.4 Å². The fourth-order valence-corrected chi connectivity index (χ4v) is 4.01. The van der Waals surface area contributed by atoms with E-state index in [9.17, 15) is 9.59 Å². The summed E-state index contributed by atoms with van der Waals surface area (Å²) < 4.78 is 6.69. The Bertz CT molecular complexity index is 1020. The number of benzene rings is 1. The van der Waals surface area contributed by atoms with Gasteiger partial charge in [0.1, 0.15) is 6.61 Å². The second-order valence-corrected chi connectivity index (χ2v) is 7.74. The molecule has 2 aromatic heterocycles. The van der Waals surface area contributed by atoms with E-state index < -0.39 is 0 Å². The zero-order valence-corrected chi connectivity index (χ0v) is 15.6. The van der Waals surface area contributed by atoms with Crippen LogP contribution < -0.4 is 10.9 Å². The molecule has 8 nitrogen and oxygen atoms in total. The first-order valence-corrected chi connectivity index (χ1v) is 9.43. The maximum absolute atomic E-state index is 12.4. The summed E-state index contributed by atoms with van der Waals surface area (Å²) >= 11 is 1.31. The molecule has 1 atom stereocenters. The number of carbonyl (C=O) groups excluding carboxylic acids is 1. The Balaban J connectivity index is 1.39. The first-order chi connectivity index (χ1) is 13.0. The molecule has 1 aliphatic rings. The number of nitrogens with one attached hydrogen (secondary N) is 1. The molecule has 3 aromatic rings. The lowest BCUT2D eigenvalue weighted by Gasteiger charge is -2.25. The van der Waals surface area contributed by atoms with Crippen molar-refractivity contribution in [1.82, 2.24) is 19.5 Å². The first kappa shape index (κ1) is 17.5. The SMILES string of the molecule is CC1(Nc2nn3c(=O)ccnc3s2)CCN(C(=O)OCc2ccccc2)C1. The van der Waals surface area contributed by atoms with E-state index >= 15 is 0 Å². The van der Waals surface area contributed by atoms with Crippen LogP contribution in [-0.4, -0.2) is 44.2 Å². The van der Waals surface area contributed by atoms with E-state index in [2.05, 4.69) is 15.4 Å². The van der Waals surface area contributed by atoms with E-state index in [4.69, 9.17) is 4.74 Å². The lowest BCUT2D eigenvalue weighted by molar-refractivity contribution is 0.103. The van der Waals surface area contributed by atoms with Crippen molar-refractivity contribution in [3.05, 3.63) is 58.5 Å². The van der Waals surface area contributed by atoms with E-state index in [1.165, 1.54) is 28.1 Å². The van der Waals surface area contributed by atoms with Crippen molar-refractivity contribution in [1.29, 1.82) is 0 Å². The van der Waals surface area contributed by atoms with Crippen LogP contribution in [0.2, 0.25) is 0 Å². The maximum atomic E-state index is 12.4. The second-order valence-electron chi connectivity index (χ2n) is 6.78. The third-order valence-corrected chi connectivity index (χ3v) is 5.35. The summed E-state index contributed by atoms with van der Waals surface area (Å²) in [4.78, 5) is 30.5. The average Bonchev–Trinajstić information content (AvgIpc) is 3.25. The van der Waals surface area contributed by atoms with Gasteiger partial charge < -0.3 is 15.0 Å². The van der Waals surface area contributed by atoms with Crippen LogP contribution in [0.1, 0.15) is 18.9 Å². The number of nitrogens with zero attached hydrogens (tertiary/aromatic N) is 4. The monoisotopic (exact) mass is 385 g/mol. The number of rotatable bonds is 4. The summed E-state index contributed by atoms with van der Waals surface area (Å²) in [6.07, 6.45) is 1.90. The Kier molecular flexibility index (Phi) is 4.53. The van der Waals surface area contributed by atoms with E-state index in [-0.39, 0.29) is 23.8 Å². The summed E-state index contributed by atoms with van der Waals surface area (Å²) in [5.41, 5.74) is 0.397. The Morgan fingerprint density at radius 2 is 2.15 bits per heavy atom. The molecule has 140 valence electrons. The van der Waals surface area contributed by atoms with Gasteiger partial charge in [-0.3, -0.25) is 4.79 Å².